The zero-order valence-corrected chi connectivity index (χ0v) is 11.4. The minimum atomic E-state index is -1.09. The molecule has 2 aromatic rings. The molecule has 2 rings (SSSR count). The van der Waals surface area contributed by atoms with Gasteiger partial charge < -0.3 is 14.8 Å². The van der Waals surface area contributed by atoms with E-state index in [1.165, 1.54) is 6.07 Å². The van der Waals surface area contributed by atoms with Crippen LogP contribution < -0.4 is 5.32 Å². The lowest BCUT2D eigenvalue weighted by molar-refractivity contribution is -0.135. The Morgan fingerprint density at radius 2 is 1.90 bits per heavy atom. The Morgan fingerprint density at radius 3 is 2.60 bits per heavy atom. The van der Waals surface area contributed by atoms with Gasteiger partial charge in [0.25, 0.3) is 5.91 Å². The van der Waals surface area contributed by atoms with E-state index in [1.54, 1.807) is 17.8 Å². The predicted octanol–water partition coefficient (Wildman–Crippen LogP) is 2.39. The number of carboxylic acid groups (broad SMARTS) is 1. The summed E-state index contributed by atoms with van der Waals surface area (Å²) in [4.78, 5) is 23.0. The number of aliphatic carboxylic acids is 1. The van der Waals surface area contributed by atoms with Crippen LogP contribution in [0.2, 0.25) is 0 Å². The molecule has 20 heavy (non-hydrogen) atoms. The Hall–Kier alpha value is -2.21. The summed E-state index contributed by atoms with van der Waals surface area (Å²) in [5.41, 5.74) is 0. The molecule has 2 N–H and O–H groups in total. The number of amides is 1. The quantitative estimate of drug-likeness (QED) is 0.799. The van der Waals surface area contributed by atoms with Crippen LogP contribution >= 0.6 is 11.8 Å². The molecule has 0 fully saturated rings. The van der Waals surface area contributed by atoms with Gasteiger partial charge >= 0.3 is 5.97 Å². The number of carboxylic acids is 1. The molecule has 0 aliphatic heterocycles. The van der Waals surface area contributed by atoms with Gasteiger partial charge in [-0.05, 0) is 24.3 Å². The number of rotatable bonds is 6. The topological polar surface area (TPSA) is 79.5 Å². The predicted molar refractivity (Wildman–Crippen MR) is 74.7 cm³/mol. The second-order valence-electron chi connectivity index (χ2n) is 3.94. The molecule has 0 bridgehead atoms. The summed E-state index contributed by atoms with van der Waals surface area (Å²) in [6, 6.07) is 13.1. The Labute approximate surface area is 120 Å². The van der Waals surface area contributed by atoms with E-state index in [-0.39, 0.29) is 5.76 Å². The van der Waals surface area contributed by atoms with Gasteiger partial charge in [-0.15, -0.1) is 11.8 Å². The van der Waals surface area contributed by atoms with Crippen LogP contribution in [0.4, 0.5) is 0 Å². The third-order valence-corrected chi connectivity index (χ3v) is 3.44. The van der Waals surface area contributed by atoms with Gasteiger partial charge in [0.15, 0.2) is 5.76 Å². The zero-order chi connectivity index (χ0) is 14.4. The Kier molecular flexibility index (Phi) is 4.84. The van der Waals surface area contributed by atoms with Gasteiger partial charge in [-0.25, -0.2) is 0 Å². The van der Waals surface area contributed by atoms with E-state index in [0.29, 0.717) is 11.5 Å². The number of nitrogens with one attached hydrogen (secondary N) is 1. The summed E-state index contributed by atoms with van der Waals surface area (Å²) in [6.07, 6.45) is 0. The fraction of sp³-hybridized carbons (Fsp3) is 0.143. The molecular formula is C14H13NO4S. The average molecular weight is 291 g/mol. The molecular weight excluding hydrogens is 278 g/mol. The van der Waals surface area contributed by atoms with Crippen molar-refractivity contribution in [3.05, 3.63) is 54.0 Å². The minimum absolute atomic E-state index is 0.120. The summed E-state index contributed by atoms with van der Waals surface area (Å²) in [5, 5.41) is 10.7. The smallest absolute Gasteiger partial charge is 0.322 e. The van der Waals surface area contributed by atoms with Gasteiger partial charge in [0.2, 0.25) is 0 Å². The van der Waals surface area contributed by atoms with Crippen LogP contribution in [0, 0.1) is 0 Å². The van der Waals surface area contributed by atoms with Gasteiger partial charge in [0, 0.05) is 4.90 Å². The minimum Gasteiger partial charge on any atom is -0.480 e. The molecule has 1 aromatic heterocycles. The van der Waals surface area contributed by atoms with Crippen LogP contribution in [0.3, 0.4) is 0 Å². The van der Waals surface area contributed by atoms with Crippen molar-refractivity contribution in [1.29, 1.82) is 0 Å². The van der Waals surface area contributed by atoms with Gasteiger partial charge in [-0.3, -0.25) is 9.59 Å². The monoisotopic (exact) mass is 291 g/mol. The molecule has 0 aliphatic carbocycles. The molecule has 1 heterocycles. The average Bonchev–Trinajstić information content (AvgIpc) is 2.92. The van der Waals surface area contributed by atoms with Crippen molar-refractivity contribution >= 4 is 23.6 Å². The highest BCUT2D eigenvalue weighted by atomic mass is 32.2. The van der Waals surface area contributed by atoms with Gasteiger partial charge in [0.1, 0.15) is 12.3 Å². The summed E-state index contributed by atoms with van der Waals surface area (Å²) in [7, 11) is 0. The molecule has 0 spiro atoms. The molecule has 6 heteroatoms. The van der Waals surface area contributed by atoms with E-state index in [0.717, 1.165) is 4.90 Å². The van der Waals surface area contributed by atoms with Crippen LogP contribution in [-0.4, -0.2) is 23.5 Å². The van der Waals surface area contributed by atoms with Crippen molar-refractivity contribution in [3.8, 4) is 0 Å². The van der Waals surface area contributed by atoms with Gasteiger partial charge in [-0.1, -0.05) is 18.2 Å². The Morgan fingerprint density at radius 1 is 1.15 bits per heavy atom. The van der Waals surface area contributed by atoms with Crippen LogP contribution in [0.15, 0.2) is 51.8 Å². The standard InChI is InChI=1S/C14H13NO4S/c16-13(17)8-15-14(18)12-7-6-10(19-12)9-20-11-4-2-1-3-5-11/h1-7H,8-9H2,(H,15,18)(H,16,17). The van der Waals surface area contributed by atoms with Gasteiger partial charge in [0.05, 0.1) is 5.75 Å². The SMILES string of the molecule is O=C(O)CNC(=O)c1ccc(CSc2ccccc2)o1. The van der Waals surface area contributed by atoms with E-state index in [4.69, 9.17) is 9.52 Å². The first-order chi connectivity index (χ1) is 9.65. The number of benzene rings is 1. The molecule has 0 saturated carbocycles. The fourth-order valence-corrected chi connectivity index (χ4v) is 2.31. The molecule has 0 atom stereocenters. The second kappa shape index (κ2) is 6.81. The number of hydrogen-bond acceptors (Lipinski definition) is 4. The third-order valence-electron chi connectivity index (χ3n) is 2.41. The molecule has 1 aromatic carbocycles. The van der Waals surface area contributed by atoms with Crippen molar-refractivity contribution < 1.29 is 19.1 Å². The van der Waals surface area contributed by atoms with Crippen LogP contribution in [0.25, 0.3) is 0 Å². The number of carbonyl (C=O) groups is 2. The Bertz CT molecular complexity index is 594. The first-order valence-electron chi connectivity index (χ1n) is 5.91. The highest BCUT2D eigenvalue weighted by Crippen LogP contribution is 2.23. The molecule has 104 valence electrons. The van der Waals surface area contributed by atoms with E-state index in [1.807, 2.05) is 30.3 Å². The summed E-state index contributed by atoms with van der Waals surface area (Å²) in [6.45, 7) is -0.423. The zero-order valence-electron chi connectivity index (χ0n) is 10.5. The van der Waals surface area contributed by atoms with Crippen molar-refractivity contribution in [3.63, 3.8) is 0 Å². The summed E-state index contributed by atoms with van der Waals surface area (Å²) < 4.78 is 5.37. The van der Waals surface area contributed by atoms with E-state index in [2.05, 4.69) is 5.32 Å². The maximum Gasteiger partial charge on any atom is 0.322 e. The van der Waals surface area contributed by atoms with E-state index in [9.17, 15) is 9.59 Å². The molecule has 0 saturated heterocycles. The second-order valence-corrected chi connectivity index (χ2v) is 4.99. The first-order valence-corrected chi connectivity index (χ1v) is 6.90. The van der Waals surface area contributed by atoms with Crippen LogP contribution in [0.1, 0.15) is 16.3 Å². The Balaban J connectivity index is 1.89. The number of thioether (sulfide) groups is 1. The molecule has 5 nitrogen and oxygen atoms in total. The highest BCUT2D eigenvalue weighted by molar-refractivity contribution is 7.98. The molecule has 1 amide bonds. The molecule has 0 unspecified atom stereocenters. The molecule has 0 radical (unpaired) electrons. The highest BCUT2D eigenvalue weighted by Gasteiger charge is 2.12. The number of furan rings is 1. The van der Waals surface area contributed by atoms with Gasteiger partial charge in [-0.2, -0.15) is 0 Å². The van der Waals surface area contributed by atoms with Crippen LogP contribution in [0.5, 0.6) is 0 Å². The van der Waals surface area contributed by atoms with Crippen molar-refractivity contribution in [1.82, 2.24) is 5.32 Å². The number of carbonyl (C=O) groups excluding carboxylic acids is 1. The third kappa shape index (κ3) is 4.17. The maximum atomic E-state index is 11.6. The van der Waals surface area contributed by atoms with Crippen molar-refractivity contribution in [2.75, 3.05) is 6.54 Å². The van der Waals surface area contributed by atoms with Crippen molar-refractivity contribution in [2.45, 2.75) is 10.6 Å². The maximum absolute atomic E-state index is 11.6. The van der Waals surface area contributed by atoms with E-state index < -0.39 is 18.4 Å². The number of hydrogen-bond donors (Lipinski definition) is 2. The molecule has 0 aliphatic rings. The first kappa shape index (κ1) is 14.2. The van der Waals surface area contributed by atoms with E-state index >= 15 is 0 Å². The lowest BCUT2D eigenvalue weighted by Crippen LogP contribution is -2.28. The largest absolute Gasteiger partial charge is 0.480 e. The summed E-state index contributed by atoms with van der Waals surface area (Å²) in [5.74, 6) is -0.224. The fourth-order valence-electron chi connectivity index (χ4n) is 1.49. The normalized spacial score (nSPS) is 10.2. The van der Waals surface area contributed by atoms with Crippen LogP contribution in [-0.2, 0) is 10.5 Å². The lowest BCUT2D eigenvalue weighted by atomic mass is 10.4. The van der Waals surface area contributed by atoms with Crippen molar-refractivity contribution in [2.24, 2.45) is 0 Å². The lowest BCUT2D eigenvalue weighted by Gasteiger charge is -2.00. The summed E-state index contributed by atoms with van der Waals surface area (Å²) >= 11 is 1.60.